The minimum absolute atomic E-state index is 0.0469. The number of nitrogens with two attached hydrogens (primary N) is 1. The maximum absolute atomic E-state index is 12.4. The van der Waals surface area contributed by atoms with Gasteiger partial charge >= 0.3 is 0 Å². The molecule has 2 fully saturated rings. The normalized spacial score (nSPS) is 21.5. The topological polar surface area (TPSA) is 75.3 Å². The van der Waals surface area contributed by atoms with Crippen molar-refractivity contribution in [2.75, 3.05) is 30.8 Å². The first kappa shape index (κ1) is 21.6. The van der Waals surface area contributed by atoms with Gasteiger partial charge in [-0.25, -0.2) is 9.97 Å². The predicted octanol–water partition coefficient (Wildman–Crippen LogP) is 4.03. The van der Waals surface area contributed by atoms with E-state index in [0.717, 1.165) is 47.5 Å². The number of hydrogen-bond donors (Lipinski definition) is 1. The van der Waals surface area contributed by atoms with Crippen LogP contribution in [0.3, 0.4) is 0 Å². The molecule has 0 aliphatic carbocycles. The summed E-state index contributed by atoms with van der Waals surface area (Å²) in [7, 11) is 0. The van der Waals surface area contributed by atoms with Crippen LogP contribution >= 0.6 is 23.5 Å². The number of nitrogens with zero attached hydrogens (tertiary/aromatic N) is 4. The summed E-state index contributed by atoms with van der Waals surface area (Å²) >= 11 is 3.51. The van der Waals surface area contributed by atoms with E-state index in [2.05, 4.69) is 63.6 Å². The van der Waals surface area contributed by atoms with E-state index in [-0.39, 0.29) is 18.0 Å². The third kappa shape index (κ3) is 4.19. The molecular formula is C24H27N5OS2. The first-order valence-electron chi connectivity index (χ1n) is 11.0. The SMILES string of the molecule is CSc1ccccc1Sc1ccc2c(N3C[C@H](N)[C@@H](N4CCCCC4=O)C3)ncnc2c1. The second kappa shape index (κ2) is 9.29. The molecule has 8 heteroatoms. The lowest BCUT2D eigenvalue weighted by Crippen LogP contribution is -2.51. The van der Waals surface area contributed by atoms with Crippen LogP contribution in [0, 0.1) is 0 Å². The Morgan fingerprint density at radius 3 is 2.72 bits per heavy atom. The number of piperidine rings is 1. The van der Waals surface area contributed by atoms with Crippen LogP contribution in [-0.2, 0) is 4.79 Å². The van der Waals surface area contributed by atoms with E-state index in [0.29, 0.717) is 13.0 Å². The fraction of sp³-hybridized carbons (Fsp3) is 0.375. The van der Waals surface area contributed by atoms with Gasteiger partial charge in [0.2, 0.25) is 5.91 Å². The number of anilines is 1. The van der Waals surface area contributed by atoms with Crippen LogP contribution in [0.25, 0.3) is 10.9 Å². The van der Waals surface area contributed by atoms with E-state index >= 15 is 0 Å². The lowest BCUT2D eigenvalue weighted by atomic mass is 10.1. The van der Waals surface area contributed by atoms with Crippen molar-refractivity contribution < 1.29 is 4.79 Å². The summed E-state index contributed by atoms with van der Waals surface area (Å²) < 4.78 is 0. The first-order valence-corrected chi connectivity index (χ1v) is 13.0. The lowest BCUT2D eigenvalue weighted by molar-refractivity contribution is -0.135. The van der Waals surface area contributed by atoms with Gasteiger partial charge in [-0.2, -0.15) is 0 Å². The zero-order valence-corrected chi connectivity index (χ0v) is 19.7. The van der Waals surface area contributed by atoms with Gasteiger partial charge in [0.25, 0.3) is 0 Å². The number of thioether (sulfide) groups is 1. The molecule has 3 aromatic rings. The molecule has 1 amide bonds. The predicted molar refractivity (Wildman–Crippen MR) is 131 cm³/mol. The number of hydrogen-bond acceptors (Lipinski definition) is 7. The lowest BCUT2D eigenvalue weighted by Gasteiger charge is -2.34. The molecule has 3 heterocycles. The molecule has 5 rings (SSSR count). The largest absolute Gasteiger partial charge is 0.352 e. The van der Waals surface area contributed by atoms with Gasteiger partial charge in [0, 0.05) is 52.2 Å². The number of rotatable bonds is 5. The second-order valence-electron chi connectivity index (χ2n) is 8.31. The van der Waals surface area contributed by atoms with Crippen LogP contribution in [-0.4, -0.2) is 58.7 Å². The van der Waals surface area contributed by atoms with Crippen LogP contribution < -0.4 is 10.6 Å². The standard InChI is InChI=1S/C24H27N5OS2/c1-31-21-6-2-3-7-22(21)32-16-9-10-17-19(12-16)26-15-27-24(17)28-13-18(25)20(14-28)29-11-5-4-8-23(29)30/h2-3,6-7,9-10,12,15,18,20H,4-5,8,11,13-14,25H2,1H3/t18-,20-/m0/s1. The first-order chi connectivity index (χ1) is 15.6. The fourth-order valence-corrected chi connectivity index (χ4v) is 6.39. The molecule has 0 bridgehead atoms. The van der Waals surface area contributed by atoms with E-state index < -0.39 is 0 Å². The zero-order valence-electron chi connectivity index (χ0n) is 18.1. The average Bonchev–Trinajstić information content (AvgIpc) is 3.20. The van der Waals surface area contributed by atoms with Gasteiger partial charge in [0.05, 0.1) is 11.6 Å². The summed E-state index contributed by atoms with van der Waals surface area (Å²) in [6, 6.07) is 14.8. The maximum Gasteiger partial charge on any atom is 0.222 e. The Bertz CT molecular complexity index is 1140. The van der Waals surface area contributed by atoms with Crippen molar-refractivity contribution in [2.24, 2.45) is 5.73 Å². The molecule has 0 saturated carbocycles. The van der Waals surface area contributed by atoms with E-state index in [1.165, 1.54) is 9.79 Å². The Labute approximate surface area is 197 Å². The molecule has 0 spiro atoms. The van der Waals surface area contributed by atoms with Gasteiger partial charge in [-0.05, 0) is 49.4 Å². The average molecular weight is 466 g/mol. The van der Waals surface area contributed by atoms with Crippen LogP contribution in [0.2, 0.25) is 0 Å². The highest BCUT2D eigenvalue weighted by atomic mass is 32.2. The number of benzene rings is 2. The fourth-order valence-electron chi connectivity index (χ4n) is 4.66. The molecular weight excluding hydrogens is 438 g/mol. The van der Waals surface area contributed by atoms with Crippen LogP contribution in [0.4, 0.5) is 5.82 Å². The van der Waals surface area contributed by atoms with E-state index in [1.54, 1.807) is 29.9 Å². The van der Waals surface area contributed by atoms with E-state index in [4.69, 9.17) is 5.73 Å². The Morgan fingerprint density at radius 2 is 1.91 bits per heavy atom. The van der Waals surface area contributed by atoms with E-state index in [1.807, 2.05) is 4.90 Å². The molecule has 166 valence electrons. The molecule has 0 unspecified atom stereocenters. The number of amides is 1. The molecule has 2 aliphatic heterocycles. The number of carbonyl (C=O) groups excluding carboxylic acids is 1. The zero-order chi connectivity index (χ0) is 22.1. The monoisotopic (exact) mass is 465 g/mol. The maximum atomic E-state index is 12.4. The minimum atomic E-state index is -0.0695. The van der Waals surface area contributed by atoms with Gasteiger partial charge in [-0.15, -0.1) is 11.8 Å². The number of aromatic nitrogens is 2. The van der Waals surface area contributed by atoms with Crippen molar-refractivity contribution in [1.82, 2.24) is 14.9 Å². The van der Waals surface area contributed by atoms with Gasteiger partial charge in [-0.3, -0.25) is 4.79 Å². The van der Waals surface area contributed by atoms with Crippen LogP contribution in [0.1, 0.15) is 19.3 Å². The van der Waals surface area contributed by atoms with Crippen molar-refractivity contribution >= 4 is 46.2 Å². The number of likely N-dealkylation sites (tertiary alicyclic amines) is 1. The summed E-state index contributed by atoms with van der Waals surface area (Å²) in [4.78, 5) is 29.5. The number of fused-ring (bicyclic) bond motifs is 1. The van der Waals surface area contributed by atoms with Crippen molar-refractivity contribution in [1.29, 1.82) is 0 Å². The summed E-state index contributed by atoms with van der Waals surface area (Å²) in [5.41, 5.74) is 7.42. The van der Waals surface area contributed by atoms with Gasteiger partial charge in [0.1, 0.15) is 12.1 Å². The highest BCUT2D eigenvalue weighted by Crippen LogP contribution is 2.37. The summed E-state index contributed by atoms with van der Waals surface area (Å²) in [5.74, 6) is 1.14. The molecule has 2 atom stereocenters. The molecule has 6 nitrogen and oxygen atoms in total. The van der Waals surface area contributed by atoms with Crippen LogP contribution in [0.15, 0.2) is 63.5 Å². The Balaban J connectivity index is 1.40. The smallest absolute Gasteiger partial charge is 0.222 e. The van der Waals surface area contributed by atoms with Gasteiger partial charge < -0.3 is 15.5 Å². The van der Waals surface area contributed by atoms with Crippen molar-refractivity contribution in [3.63, 3.8) is 0 Å². The molecule has 32 heavy (non-hydrogen) atoms. The van der Waals surface area contributed by atoms with Crippen molar-refractivity contribution in [3.05, 3.63) is 48.8 Å². The highest BCUT2D eigenvalue weighted by molar-refractivity contribution is 8.02. The summed E-state index contributed by atoms with van der Waals surface area (Å²) in [5, 5.41) is 1.02. The molecule has 0 radical (unpaired) electrons. The quantitative estimate of drug-likeness (QED) is 0.570. The molecule has 2 saturated heterocycles. The Morgan fingerprint density at radius 1 is 1.06 bits per heavy atom. The van der Waals surface area contributed by atoms with Gasteiger partial charge in [0.15, 0.2) is 0 Å². The van der Waals surface area contributed by atoms with E-state index in [9.17, 15) is 4.79 Å². The van der Waals surface area contributed by atoms with Crippen LogP contribution in [0.5, 0.6) is 0 Å². The molecule has 2 aliphatic rings. The third-order valence-electron chi connectivity index (χ3n) is 6.28. The van der Waals surface area contributed by atoms with Crippen molar-refractivity contribution in [3.8, 4) is 0 Å². The van der Waals surface area contributed by atoms with Crippen molar-refractivity contribution in [2.45, 2.75) is 46.0 Å². The number of carbonyl (C=O) groups is 1. The Hall–Kier alpha value is -2.29. The highest BCUT2D eigenvalue weighted by Gasteiger charge is 2.38. The molecule has 2 aromatic carbocycles. The second-order valence-corrected chi connectivity index (χ2v) is 10.3. The summed E-state index contributed by atoms with van der Waals surface area (Å²) in [6.45, 7) is 2.22. The molecule has 2 N–H and O–H groups in total. The minimum Gasteiger partial charge on any atom is -0.352 e. The van der Waals surface area contributed by atoms with Gasteiger partial charge in [-0.1, -0.05) is 23.9 Å². The molecule has 1 aromatic heterocycles. The third-order valence-corrected chi connectivity index (χ3v) is 8.27. The Kier molecular flexibility index (Phi) is 6.26. The summed E-state index contributed by atoms with van der Waals surface area (Å²) in [6.07, 6.45) is 6.42.